The molecule has 18 heavy (non-hydrogen) atoms. The molecule has 0 spiro atoms. The molecule has 0 aromatic carbocycles. The second-order valence-electron chi connectivity index (χ2n) is 4.73. The predicted molar refractivity (Wildman–Crippen MR) is 76.5 cm³/mol. The summed E-state index contributed by atoms with van der Waals surface area (Å²) in [4.78, 5) is 15.5. The zero-order chi connectivity index (χ0) is 13.8. The number of carbonyl (C=O) groups is 1. The molecule has 0 fully saturated rings. The zero-order valence-corrected chi connectivity index (χ0v) is 12.0. The molecular formula is C13H28N4O. The molecule has 0 aromatic heterocycles. The van der Waals surface area contributed by atoms with E-state index in [1.165, 1.54) is 19.3 Å². The Morgan fingerprint density at radius 2 is 2.00 bits per heavy atom. The summed E-state index contributed by atoms with van der Waals surface area (Å²) in [6, 6.07) is 0.182. The Morgan fingerprint density at radius 3 is 2.61 bits per heavy atom. The molecule has 0 aliphatic heterocycles. The van der Waals surface area contributed by atoms with Crippen molar-refractivity contribution in [2.75, 3.05) is 13.1 Å². The van der Waals surface area contributed by atoms with Crippen molar-refractivity contribution in [2.24, 2.45) is 10.7 Å². The molecule has 0 rings (SSSR count). The first-order chi connectivity index (χ1) is 8.56. The Bertz CT molecular complexity index is 251. The number of rotatable bonds is 9. The average Bonchev–Trinajstić information content (AvgIpc) is 2.27. The van der Waals surface area contributed by atoms with Gasteiger partial charge in [0.05, 0.1) is 0 Å². The van der Waals surface area contributed by atoms with Crippen LogP contribution < -0.4 is 16.4 Å². The van der Waals surface area contributed by atoms with Crippen molar-refractivity contribution in [3.63, 3.8) is 0 Å². The molecule has 0 aliphatic carbocycles. The van der Waals surface area contributed by atoms with Gasteiger partial charge in [0.25, 0.3) is 0 Å². The molecule has 0 unspecified atom stereocenters. The lowest BCUT2D eigenvalue weighted by atomic mass is 10.2. The molecule has 106 valence electrons. The van der Waals surface area contributed by atoms with E-state index in [4.69, 9.17) is 5.73 Å². The lowest BCUT2D eigenvalue weighted by Gasteiger charge is -2.09. The maximum absolute atomic E-state index is 11.3. The van der Waals surface area contributed by atoms with Crippen molar-refractivity contribution in [1.29, 1.82) is 0 Å². The molecule has 0 heterocycles. The molecule has 4 N–H and O–H groups in total. The van der Waals surface area contributed by atoms with Crippen LogP contribution in [-0.2, 0) is 4.79 Å². The number of guanidine groups is 1. The molecule has 0 atom stereocenters. The van der Waals surface area contributed by atoms with Gasteiger partial charge in [-0.05, 0) is 20.3 Å². The molecule has 0 radical (unpaired) electrons. The third kappa shape index (κ3) is 11.2. The van der Waals surface area contributed by atoms with Crippen LogP contribution in [0.15, 0.2) is 4.99 Å². The number of aliphatic imine (C=N–C) groups is 1. The molecule has 1 amide bonds. The van der Waals surface area contributed by atoms with Crippen LogP contribution in [0.25, 0.3) is 0 Å². The van der Waals surface area contributed by atoms with Crippen molar-refractivity contribution in [1.82, 2.24) is 10.6 Å². The number of nitrogens with one attached hydrogen (secondary N) is 2. The zero-order valence-electron chi connectivity index (χ0n) is 12.0. The normalized spacial score (nSPS) is 11.7. The first kappa shape index (κ1) is 16.7. The van der Waals surface area contributed by atoms with E-state index in [-0.39, 0.29) is 11.9 Å². The number of amides is 1. The molecule has 5 nitrogen and oxygen atoms in total. The number of nitrogens with two attached hydrogens (primary N) is 1. The third-order valence-electron chi connectivity index (χ3n) is 2.40. The molecule has 0 saturated heterocycles. The molecule has 0 aromatic rings. The van der Waals surface area contributed by atoms with Crippen LogP contribution in [-0.4, -0.2) is 31.0 Å². The van der Waals surface area contributed by atoms with E-state index in [9.17, 15) is 4.79 Å². The standard InChI is InChI=1S/C13H28N4O/c1-4-5-6-7-9-15-13(14)16-10-8-12(18)17-11(2)3/h11H,4-10H2,1-3H3,(H,17,18)(H3,14,15,16). The minimum absolute atomic E-state index is 0.0354. The van der Waals surface area contributed by atoms with Gasteiger partial charge in [0.1, 0.15) is 0 Å². The fourth-order valence-electron chi connectivity index (χ4n) is 1.49. The average molecular weight is 256 g/mol. The molecule has 0 aliphatic rings. The van der Waals surface area contributed by atoms with Crippen LogP contribution >= 0.6 is 0 Å². The van der Waals surface area contributed by atoms with Gasteiger partial charge in [0.2, 0.25) is 5.91 Å². The molecular weight excluding hydrogens is 228 g/mol. The summed E-state index contributed by atoms with van der Waals surface area (Å²) in [5, 5.41) is 5.77. The first-order valence-electron chi connectivity index (χ1n) is 6.89. The Labute approximate surface area is 111 Å². The SMILES string of the molecule is CCCCCCN=C(N)NCCC(=O)NC(C)C. The van der Waals surface area contributed by atoms with E-state index < -0.39 is 0 Å². The summed E-state index contributed by atoms with van der Waals surface area (Å²) in [5.41, 5.74) is 5.68. The summed E-state index contributed by atoms with van der Waals surface area (Å²) in [5.74, 6) is 0.470. The maximum Gasteiger partial charge on any atom is 0.221 e. The van der Waals surface area contributed by atoms with E-state index in [0.717, 1.165) is 13.0 Å². The Balaban J connectivity index is 3.54. The third-order valence-corrected chi connectivity index (χ3v) is 2.40. The van der Waals surface area contributed by atoms with E-state index in [1.54, 1.807) is 0 Å². The highest BCUT2D eigenvalue weighted by Gasteiger charge is 2.02. The lowest BCUT2D eigenvalue weighted by Crippen LogP contribution is -2.37. The fourth-order valence-corrected chi connectivity index (χ4v) is 1.49. The predicted octanol–water partition coefficient (Wildman–Crippen LogP) is 1.39. The van der Waals surface area contributed by atoms with Crippen LogP contribution in [0.4, 0.5) is 0 Å². The largest absolute Gasteiger partial charge is 0.370 e. The first-order valence-corrected chi connectivity index (χ1v) is 6.89. The maximum atomic E-state index is 11.3. The lowest BCUT2D eigenvalue weighted by molar-refractivity contribution is -0.121. The fraction of sp³-hybridized carbons (Fsp3) is 0.846. The molecule has 0 saturated carbocycles. The number of carbonyl (C=O) groups excluding carboxylic acids is 1. The van der Waals surface area contributed by atoms with Gasteiger partial charge in [0.15, 0.2) is 5.96 Å². The second kappa shape index (κ2) is 10.9. The minimum Gasteiger partial charge on any atom is -0.370 e. The molecule has 5 heteroatoms. The highest BCUT2D eigenvalue weighted by Crippen LogP contribution is 1.98. The van der Waals surface area contributed by atoms with Gasteiger partial charge >= 0.3 is 0 Å². The van der Waals surface area contributed by atoms with Gasteiger partial charge in [0, 0.05) is 25.6 Å². The van der Waals surface area contributed by atoms with Gasteiger partial charge in [-0.3, -0.25) is 9.79 Å². The summed E-state index contributed by atoms with van der Waals surface area (Å²) in [6.45, 7) is 7.36. The van der Waals surface area contributed by atoms with Crippen LogP contribution in [0, 0.1) is 0 Å². The summed E-state index contributed by atoms with van der Waals surface area (Å²) in [6.07, 6.45) is 5.17. The van der Waals surface area contributed by atoms with Gasteiger partial charge in [-0.1, -0.05) is 26.2 Å². The summed E-state index contributed by atoms with van der Waals surface area (Å²) >= 11 is 0. The van der Waals surface area contributed by atoms with Crippen molar-refractivity contribution in [3.8, 4) is 0 Å². The highest BCUT2D eigenvalue weighted by molar-refractivity contribution is 5.80. The van der Waals surface area contributed by atoms with E-state index >= 15 is 0 Å². The van der Waals surface area contributed by atoms with Crippen LogP contribution in [0.5, 0.6) is 0 Å². The quantitative estimate of drug-likeness (QED) is 0.331. The van der Waals surface area contributed by atoms with Gasteiger partial charge in [-0.25, -0.2) is 0 Å². The van der Waals surface area contributed by atoms with Gasteiger partial charge in [-0.15, -0.1) is 0 Å². The Morgan fingerprint density at radius 1 is 1.28 bits per heavy atom. The topological polar surface area (TPSA) is 79.5 Å². The number of nitrogens with zero attached hydrogens (tertiary/aromatic N) is 1. The minimum atomic E-state index is 0.0354. The van der Waals surface area contributed by atoms with E-state index in [2.05, 4.69) is 22.5 Å². The highest BCUT2D eigenvalue weighted by atomic mass is 16.1. The van der Waals surface area contributed by atoms with Crippen LogP contribution in [0.3, 0.4) is 0 Å². The van der Waals surface area contributed by atoms with Gasteiger partial charge < -0.3 is 16.4 Å². The number of unbranched alkanes of at least 4 members (excludes halogenated alkanes) is 3. The van der Waals surface area contributed by atoms with E-state index in [1.807, 2.05) is 13.8 Å². The number of hydrogen-bond acceptors (Lipinski definition) is 2. The summed E-state index contributed by atoms with van der Waals surface area (Å²) < 4.78 is 0. The molecule has 0 bridgehead atoms. The van der Waals surface area contributed by atoms with Gasteiger partial charge in [-0.2, -0.15) is 0 Å². The van der Waals surface area contributed by atoms with Crippen LogP contribution in [0.1, 0.15) is 52.9 Å². The van der Waals surface area contributed by atoms with Crippen LogP contribution in [0.2, 0.25) is 0 Å². The number of hydrogen-bond donors (Lipinski definition) is 3. The monoisotopic (exact) mass is 256 g/mol. The van der Waals surface area contributed by atoms with Crippen molar-refractivity contribution >= 4 is 11.9 Å². The second-order valence-corrected chi connectivity index (χ2v) is 4.73. The Kier molecular flexibility index (Phi) is 10.1. The smallest absolute Gasteiger partial charge is 0.221 e. The summed E-state index contributed by atoms with van der Waals surface area (Å²) in [7, 11) is 0. The van der Waals surface area contributed by atoms with Crippen molar-refractivity contribution < 1.29 is 4.79 Å². The van der Waals surface area contributed by atoms with E-state index in [0.29, 0.717) is 18.9 Å². The van der Waals surface area contributed by atoms with Crippen molar-refractivity contribution in [3.05, 3.63) is 0 Å². The Hall–Kier alpha value is -1.26. The van der Waals surface area contributed by atoms with Crippen molar-refractivity contribution in [2.45, 2.75) is 58.9 Å².